The lowest BCUT2D eigenvalue weighted by Crippen LogP contribution is -2.41. The number of carbonyl (C=O) groups is 2. The predicted octanol–water partition coefficient (Wildman–Crippen LogP) is 3.46. The van der Waals surface area contributed by atoms with Crippen LogP contribution in [0.4, 0.5) is 4.79 Å². The average molecular weight is 394 g/mol. The van der Waals surface area contributed by atoms with Gasteiger partial charge in [0, 0.05) is 24.1 Å². The maximum atomic E-state index is 12.0. The molecule has 0 atom stereocenters. The molecule has 7 heteroatoms. The van der Waals surface area contributed by atoms with Gasteiger partial charge >= 0.3 is 11.7 Å². The Kier molecular flexibility index (Phi) is 6.63. The molecular weight excluding hydrogens is 372 g/mol. The first kappa shape index (κ1) is 20.1. The summed E-state index contributed by atoms with van der Waals surface area (Å²) in [5, 5.41) is 5.54. The first-order chi connectivity index (χ1) is 14.1. The number of hydrogen-bond acceptors (Lipinski definition) is 5. The maximum absolute atomic E-state index is 12.0. The second kappa shape index (κ2) is 9.54. The van der Waals surface area contributed by atoms with E-state index in [1.54, 1.807) is 18.2 Å². The summed E-state index contributed by atoms with van der Waals surface area (Å²) in [7, 11) is 0. The van der Waals surface area contributed by atoms with E-state index in [4.69, 9.17) is 9.15 Å². The minimum absolute atomic E-state index is 0.338. The Labute approximate surface area is 167 Å². The van der Waals surface area contributed by atoms with Crippen molar-refractivity contribution in [3.63, 3.8) is 0 Å². The molecular formula is C22H22N2O5. The molecule has 0 unspecified atom stereocenters. The lowest BCUT2D eigenvalue weighted by atomic mass is 10.0. The van der Waals surface area contributed by atoms with Gasteiger partial charge in [-0.15, -0.1) is 0 Å². The van der Waals surface area contributed by atoms with Crippen LogP contribution in [0.15, 0.2) is 63.8 Å². The number of amides is 3. The number of nitrogens with one attached hydrogen (secondary N) is 2. The molecule has 0 saturated heterocycles. The Morgan fingerprint density at radius 2 is 1.86 bits per heavy atom. The number of imide groups is 1. The molecule has 7 nitrogen and oxygen atoms in total. The summed E-state index contributed by atoms with van der Waals surface area (Å²) in [6.45, 7) is 2.17. The molecule has 2 aromatic carbocycles. The van der Waals surface area contributed by atoms with Gasteiger partial charge in [-0.25, -0.2) is 9.59 Å². The molecule has 0 aliphatic carbocycles. The highest BCUT2D eigenvalue weighted by Gasteiger charge is 2.11. The van der Waals surface area contributed by atoms with Crippen molar-refractivity contribution in [3.05, 3.63) is 65.0 Å². The van der Waals surface area contributed by atoms with Crippen molar-refractivity contribution in [1.29, 1.82) is 0 Å². The zero-order valence-corrected chi connectivity index (χ0v) is 16.1. The second-order valence-corrected chi connectivity index (χ2v) is 6.45. The molecule has 0 aliphatic heterocycles. The average Bonchev–Trinajstić information content (AvgIpc) is 2.72. The van der Waals surface area contributed by atoms with E-state index >= 15 is 0 Å². The van der Waals surface area contributed by atoms with Crippen molar-refractivity contribution in [3.8, 4) is 16.9 Å². The third kappa shape index (κ3) is 5.44. The monoisotopic (exact) mass is 394 g/mol. The van der Waals surface area contributed by atoms with Gasteiger partial charge in [-0.3, -0.25) is 10.1 Å². The fourth-order valence-electron chi connectivity index (χ4n) is 2.82. The molecule has 0 bridgehead atoms. The van der Waals surface area contributed by atoms with Crippen LogP contribution in [-0.2, 0) is 4.79 Å². The molecule has 0 radical (unpaired) electrons. The Hall–Kier alpha value is -3.61. The Morgan fingerprint density at radius 1 is 1.07 bits per heavy atom. The second-order valence-electron chi connectivity index (χ2n) is 6.45. The van der Waals surface area contributed by atoms with Gasteiger partial charge in [-0.05, 0) is 29.7 Å². The molecule has 0 spiro atoms. The van der Waals surface area contributed by atoms with Crippen LogP contribution in [0, 0.1) is 0 Å². The minimum Gasteiger partial charge on any atom is -0.484 e. The fraction of sp³-hybridized carbons (Fsp3) is 0.227. The summed E-state index contributed by atoms with van der Waals surface area (Å²) >= 11 is 0. The standard InChI is InChI=1S/C22H22N2O5/c1-2-3-11-23-22(27)24-20(25)14-28-16-9-10-17-18(15-7-5-4-6-8-15)13-21(26)29-19(17)12-16/h4-10,12-13H,2-3,11,14H2,1H3,(H2,23,24,25,27). The van der Waals surface area contributed by atoms with Crippen LogP contribution in [-0.4, -0.2) is 25.1 Å². The Bertz CT molecular complexity index is 1060. The highest BCUT2D eigenvalue weighted by atomic mass is 16.5. The number of benzene rings is 2. The summed E-state index contributed by atoms with van der Waals surface area (Å²) < 4.78 is 10.7. The summed E-state index contributed by atoms with van der Waals surface area (Å²) in [5.41, 5.74) is 1.53. The van der Waals surface area contributed by atoms with Crippen LogP contribution in [0.25, 0.3) is 22.1 Å². The SMILES string of the molecule is CCCCNC(=O)NC(=O)COc1ccc2c(-c3ccccc3)cc(=O)oc2c1. The van der Waals surface area contributed by atoms with Crippen LogP contribution in [0.2, 0.25) is 0 Å². The number of rotatable bonds is 7. The predicted molar refractivity (Wildman–Crippen MR) is 110 cm³/mol. The molecule has 0 fully saturated rings. The topological polar surface area (TPSA) is 97.6 Å². The number of unbranched alkanes of at least 4 members (excludes halogenated alkanes) is 1. The summed E-state index contributed by atoms with van der Waals surface area (Å²) in [6.07, 6.45) is 1.78. The molecule has 150 valence electrons. The molecule has 3 amide bonds. The molecule has 3 aromatic rings. The van der Waals surface area contributed by atoms with Crippen molar-refractivity contribution < 1.29 is 18.7 Å². The van der Waals surface area contributed by atoms with Gasteiger partial charge in [0.1, 0.15) is 11.3 Å². The van der Waals surface area contributed by atoms with E-state index in [1.807, 2.05) is 37.3 Å². The number of fused-ring (bicyclic) bond motifs is 1. The third-order valence-corrected chi connectivity index (χ3v) is 4.24. The lowest BCUT2D eigenvalue weighted by molar-refractivity contribution is -0.122. The van der Waals surface area contributed by atoms with Gasteiger partial charge in [0.2, 0.25) is 0 Å². The molecule has 29 heavy (non-hydrogen) atoms. The van der Waals surface area contributed by atoms with Gasteiger partial charge in [0.05, 0.1) is 0 Å². The van der Waals surface area contributed by atoms with E-state index in [1.165, 1.54) is 6.07 Å². The van der Waals surface area contributed by atoms with E-state index in [0.29, 0.717) is 17.9 Å². The molecule has 2 N–H and O–H groups in total. The molecule has 0 aliphatic rings. The van der Waals surface area contributed by atoms with Gasteiger partial charge in [-0.2, -0.15) is 0 Å². The van der Waals surface area contributed by atoms with Gasteiger partial charge in [0.15, 0.2) is 6.61 Å². The van der Waals surface area contributed by atoms with Crippen LogP contribution >= 0.6 is 0 Å². The highest BCUT2D eigenvalue weighted by Crippen LogP contribution is 2.29. The Morgan fingerprint density at radius 3 is 2.62 bits per heavy atom. The number of urea groups is 1. The van der Waals surface area contributed by atoms with E-state index in [0.717, 1.165) is 29.4 Å². The number of carbonyl (C=O) groups excluding carboxylic acids is 2. The minimum atomic E-state index is -0.571. The molecule has 1 aromatic heterocycles. The lowest BCUT2D eigenvalue weighted by Gasteiger charge is -2.09. The van der Waals surface area contributed by atoms with Crippen molar-refractivity contribution in [2.45, 2.75) is 19.8 Å². The van der Waals surface area contributed by atoms with E-state index < -0.39 is 17.6 Å². The van der Waals surface area contributed by atoms with Crippen molar-refractivity contribution in [2.75, 3.05) is 13.2 Å². The van der Waals surface area contributed by atoms with Gasteiger partial charge < -0.3 is 14.5 Å². The summed E-state index contributed by atoms with van der Waals surface area (Å²) in [6, 6.07) is 15.4. The molecule has 0 saturated carbocycles. The molecule has 1 heterocycles. The number of hydrogen-bond donors (Lipinski definition) is 2. The first-order valence-corrected chi connectivity index (χ1v) is 9.40. The maximum Gasteiger partial charge on any atom is 0.336 e. The van der Waals surface area contributed by atoms with Crippen LogP contribution in [0.5, 0.6) is 5.75 Å². The number of ether oxygens (including phenoxy) is 1. The third-order valence-electron chi connectivity index (χ3n) is 4.24. The van der Waals surface area contributed by atoms with E-state index in [9.17, 15) is 14.4 Å². The zero-order valence-electron chi connectivity index (χ0n) is 16.1. The summed E-state index contributed by atoms with van der Waals surface area (Å²) in [5.74, 6) is -0.217. The van der Waals surface area contributed by atoms with Crippen molar-refractivity contribution >= 4 is 22.9 Å². The van der Waals surface area contributed by atoms with Crippen molar-refractivity contribution in [2.24, 2.45) is 0 Å². The Balaban J connectivity index is 1.70. The quantitative estimate of drug-likeness (QED) is 0.472. The van der Waals surface area contributed by atoms with Crippen LogP contribution in [0.3, 0.4) is 0 Å². The van der Waals surface area contributed by atoms with Crippen LogP contribution < -0.4 is 21.0 Å². The zero-order chi connectivity index (χ0) is 20.6. The summed E-state index contributed by atoms with van der Waals surface area (Å²) in [4.78, 5) is 35.4. The normalized spacial score (nSPS) is 10.5. The van der Waals surface area contributed by atoms with Gasteiger partial charge in [-0.1, -0.05) is 43.7 Å². The largest absolute Gasteiger partial charge is 0.484 e. The first-order valence-electron chi connectivity index (χ1n) is 9.40. The van der Waals surface area contributed by atoms with E-state index in [-0.39, 0.29) is 6.61 Å². The molecule has 3 rings (SSSR count). The van der Waals surface area contributed by atoms with Crippen LogP contribution in [0.1, 0.15) is 19.8 Å². The smallest absolute Gasteiger partial charge is 0.336 e. The van der Waals surface area contributed by atoms with Crippen molar-refractivity contribution in [1.82, 2.24) is 10.6 Å². The fourth-order valence-corrected chi connectivity index (χ4v) is 2.82. The van der Waals surface area contributed by atoms with Gasteiger partial charge in [0.25, 0.3) is 5.91 Å². The van der Waals surface area contributed by atoms with E-state index in [2.05, 4.69) is 10.6 Å². The highest BCUT2D eigenvalue weighted by molar-refractivity contribution is 5.95.